The molecule has 4 aromatic rings. The van der Waals surface area contributed by atoms with Crippen molar-refractivity contribution in [3.63, 3.8) is 0 Å². The molecule has 0 aromatic heterocycles. The molecule has 1 heterocycles. The zero-order valence-corrected chi connectivity index (χ0v) is 27.3. The summed E-state index contributed by atoms with van der Waals surface area (Å²) in [5.41, 5.74) is 3.86. The van der Waals surface area contributed by atoms with Crippen molar-refractivity contribution in [2.75, 3.05) is 6.61 Å². The first-order valence-electron chi connectivity index (χ1n) is 16.2. The van der Waals surface area contributed by atoms with Gasteiger partial charge in [-0.2, -0.15) is 0 Å². The fourth-order valence-electron chi connectivity index (χ4n) is 5.42. The SMILES string of the molecule is CC(=O)NC(C)C(=O)OC1O[C@H](COCc2ccccc2)[C@@H](OCc2ccccc2)[C@H](OCc2ccccc2)[C@H]1OCc1ccccc1. The van der Waals surface area contributed by atoms with Crippen LogP contribution in [0.25, 0.3) is 0 Å². The number of carbonyl (C=O) groups is 2. The smallest absolute Gasteiger partial charge is 0.330 e. The number of carbonyl (C=O) groups excluding carboxylic acids is 2. The van der Waals surface area contributed by atoms with Crippen molar-refractivity contribution in [3.05, 3.63) is 144 Å². The zero-order valence-electron chi connectivity index (χ0n) is 27.3. The Morgan fingerprint density at radius 2 is 1.04 bits per heavy atom. The maximum atomic E-state index is 13.3. The quantitative estimate of drug-likeness (QED) is 0.153. The van der Waals surface area contributed by atoms with Gasteiger partial charge in [0.25, 0.3) is 0 Å². The van der Waals surface area contributed by atoms with E-state index in [0.29, 0.717) is 6.61 Å². The van der Waals surface area contributed by atoms with Crippen LogP contribution in [0.5, 0.6) is 0 Å². The molecule has 0 bridgehead atoms. The second kappa shape index (κ2) is 18.2. The Hall–Kier alpha value is -4.38. The molecular formula is C39H43NO8. The van der Waals surface area contributed by atoms with Crippen LogP contribution in [0.4, 0.5) is 0 Å². The van der Waals surface area contributed by atoms with Gasteiger partial charge in [-0.05, 0) is 29.2 Å². The predicted molar refractivity (Wildman–Crippen MR) is 179 cm³/mol. The number of ether oxygens (including phenoxy) is 6. The van der Waals surface area contributed by atoms with E-state index in [0.717, 1.165) is 22.3 Å². The van der Waals surface area contributed by atoms with E-state index in [-0.39, 0.29) is 32.3 Å². The molecule has 0 saturated carbocycles. The third-order valence-electron chi connectivity index (χ3n) is 7.85. The van der Waals surface area contributed by atoms with Crippen molar-refractivity contribution in [1.29, 1.82) is 0 Å². The Morgan fingerprint density at radius 1 is 0.625 bits per heavy atom. The number of hydrogen-bond acceptors (Lipinski definition) is 8. The standard InChI is InChI=1S/C39H43NO8/c1-28(40-29(2)41)38(42)48-39-37(46-26-33-21-13-6-14-22-33)36(45-25-32-19-11-5-12-20-32)35(44-24-31-17-9-4-10-18-31)34(47-39)27-43-23-30-15-7-3-8-16-30/h3-22,28,34-37,39H,23-27H2,1-2H3,(H,40,41)/t28?,34-,35-,36+,37-,39?/m1/s1. The Labute approximate surface area is 282 Å². The van der Waals surface area contributed by atoms with Crippen LogP contribution in [0.15, 0.2) is 121 Å². The van der Waals surface area contributed by atoms with Gasteiger partial charge in [-0.25, -0.2) is 4.79 Å². The lowest BCUT2D eigenvalue weighted by Crippen LogP contribution is -2.62. The molecule has 2 unspecified atom stereocenters. The summed E-state index contributed by atoms with van der Waals surface area (Å²) in [6.07, 6.45) is -4.21. The molecule has 9 heteroatoms. The van der Waals surface area contributed by atoms with Crippen LogP contribution in [0.1, 0.15) is 36.1 Å². The number of hydrogen-bond donors (Lipinski definition) is 1. The molecule has 1 aliphatic rings. The van der Waals surface area contributed by atoms with Crippen LogP contribution in [-0.4, -0.2) is 55.2 Å². The minimum Gasteiger partial charge on any atom is -0.431 e. The molecule has 1 aliphatic heterocycles. The molecule has 48 heavy (non-hydrogen) atoms. The zero-order chi connectivity index (χ0) is 33.6. The van der Waals surface area contributed by atoms with Crippen molar-refractivity contribution in [2.24, 2.45) is 0 Å². The molecule has 1 saturated heterocycles. The summed E-state index contributed by atoms with van der Waals surface area (Å²) < 4.78 is 38.4. The van der Waals surface area contributed by atoms with Crippen LogP contribution >= 0.6 is 0 Å². The first-order chi connectivity index (χ1) is 23.5. The average Bonchev–Trinajstić information content (AvgIpc) is 3.11. The largest absolute Gasteiger partial charge is 0.431 e. The highest BCUT2D eigenvalue weighted by atomic mass is 16.7. The number of nitrogens with one attached hydrogen (secondary N) is 1. The number of benzene rings is 4. The maximum absolute atomic E-state index is 13.3. The van der Waals surface area contributed by atoms with Gasteiger partial charge in [-0.15, -0.1) is 0 Å². The molecule has 6 atom stereocenters. The fourth-order valence-corrected chi connectivity index (χ4v) is 5.42. The van der Waals surface area contributed by atoms with E-state index in [9.17, 15) is 9.59 Å². The van der Waals surface area contributed by atoms with Gasteiger partial charge in [0.2, 0.25) is 12.2 Å². The number of rotatable bonds is 16. The van der Waals surface area contributed by atoms with Crippen molar-refractivity contribution in [3.8, 4) is 0 Å². The Morgan fingerprint density at radius 3 is 1.50 bits per heavy atom. The highest BCUT2D eigenvalue weighted by Gasteiger charge is 2.50. The van der Waals surface area contributed by atoms with Gasteiger partial charge in [0.1, 0.15) is 30.5 Å². The van der Waals surface area contributed by atoms with Gasteiger partial charge in [-0.3, -0.25) is 4.79 Å². The molecule has 5 rings (SSSR count). The second-order valence-electron chi connectivity index (χ2n) is 11.7. The van der Waals surface area contributed by atoms with Gasteiger partial charge in [0.05, 0.1) is 33.0 Å². The Kier molecular flexibility index (Phi) is 13.3. The van der Waals surface area contributed by atoms with Crippen molar-refractivity contribution < 1.29 is 38.0 Å². The molecule has 4 aromatic carbocycles. The molecule has 0 spiro atoms. The number of amides is 1. The molecule has 9 nitrogen and oxygen atoms in total. The van der Waals surface area contributed by atoms with Crippen LogP contribution in [0.2, 0.25) is 0 Å². The molecule has 252 valence electrons. The van der Waals surface area contributed by atoms with Crippen LogP contribution in [0.3, 0.4) is 0 Å². The highest BCUT2D eigenvalue weighted by molar-refractivity contribution is 5.82. The summed E-state index contributed by atoms with van der Waals surface area (Å²) in [4.78, 5) is 25.0. The average molecular weight is 654 g/mol. The van der Waals surface area contributed by atoms with Gasteiger partial charge in [0.15, 0.2) is 0 Å². The van der Waals surface area contributed by atoms with Crippen LogP contribution < -0.4 is 5.32 Å². The minimum absolute atomic E-state index is 0.125. The summed E-state index contributed by atoms with van der Waals surface area (Å²) in [7, 11) is 0. The molecule has 1 amide bonds. The molecule has 0 radical (unpaired) electrons. The fraction of sp³-hybridized carbons (Fsp3) is 0.333. The first-order valence-corrected chi connectivity index (χ1v) is 16.2. The summed E-state index contributed by atoms with van der Waals surface area (Å²) in [5.74, 6) is -1.02. The first kappa shape index (κ1) is 34.9. The Balaban J connectivity index is 1.46. The summed E-state index contributed by atoms with van der Waals surface area (Å²) in [5, 5.41) is 2.58. The van der Waals surface area contributed by atoms with Crippen molar-refractivity contribution >= 4 is 11.9 Å². The minimum atomic E-state index is -1.19. The third kappa shape index (κ3) is 10.6. The van der Waals surface area contributed by atoms with E-state index in [1.54, 1.807) is 6.92 Å². The van der Waals surface area contributed by atoms with E-state index in [2.05, 4.69) is 5.32 Å². The van der Waals surface area contributed by atoms with E-state index >= 15 is 0 Å². The lowest BCUT2D eigenvalue weighted by Gasteiger charge is -2.45. The lowest BCUT2D eigenvalue weighted by atomic mass is 9.97. The third-order valence-corrected chi connectivity index (χ3v) is 7.85. The molecular weight excluding hydrogens is 610 g/mol. The number of esters is 1. The van der Waals surface area contributed by atoms with Gasteiger partial charge in [0, 0.05) is 6.92 Å². The van der Waals surface area contributed by atoms with Crippen LogP contribution in [0, 0.1) is 0 Å². The lowest BCUT2D eigenvalue weighted by molar-refractivity contribution is -0.320. The Bertz CT molecular complexity index is 1520. The van der Waals surface area contributed by atoms with Gasteiger partial charge in [-0.1, -0.05) is 121 Å². The monoisotopic (exact) mass is 653 g/mol. The molecule has 1 N–H and O–H groups in total. The normalized spacial score (nSPS) is 21.2. The van der Waals surface area contributed by atoms with E-state index in [1.807, 2.05) is 121 Å². The summed E-state index contributed by atoms with van der Waals surface area (Å²) in [6.45, 7) is 4.11. The van der Waals surface area contributed by atoms with Crippen LogP contribution in [-0.2, 0) is 64.4 Å². The molecule has 0 aliphatic carbocycles. The van der Waals surface area contributed by atoms with Gasteiger partial charge >= 0.3 is 5.97 Å². The van der Waals surface area contributed by atoms with Crippen molar-refractivity contribution in [2.45, 2.75) is 77.0 Å². The predicted octanol–water partition coefficient (Wildman–Crippen LogP) is 5.75. The van der Waals surface area contributed by atoms with E-state index in [4.69, 9.17) is 28.4 Å². The van der Waals surface area contributed by atoms with Crippen molar-refractivity contribution in [1.82, 2.24) is 5.32 Å². The maximum Gasteiger partial charge on any atom is 0.330 e. The molecule has 1 fully saturated rings. The highest BCUT2D eigenvalue weighted by Crippen LogP contribution is 2.32. The van der Waals surface area contributed by atoms with E-state index in [1.165, 1.54) is 6.92 Å². The van der Waals surface area contributed by atoms with E-state index < -0.39 is 42.7 Å². The second-order valence-corrected chi connectivity index (χ2v) is 11.7. The summed E-state index contributed by atoms with van der Waals surface area (Å²) >= 11 is 0. The van der Waals surface area contributed by atoms with Gasteiger partial charge < -0.3 is 33.7 Å². The topological polar surface area (TPSA) is 102 Å². The summed E-state index contributed by atoms with van der Waals surface area (Å²) in [6, 6.07) is 38.2.